The number of nitrogens with zero attached hydrogens (tertiary/aromatic N) is 3. The molecule has 1 atom stereocenters. The summed E-state index contributed by atoms with van der Waals surface area (Å²) in [5.74, 6) is -2.31. The second-order valence-corrected chi connectivity index (χ2v) is 6.83. The second kappa shape index (κ2) is 7.14. The van der Waals surface area contributed by atoms with Gasteiger partial charge in [-0.1, -0.05) is 30.0 Å². The van der Waals surface area contributed by atoms with Gasteiger partial charge in [0.25, 0.3) is 0 Å². The molecule has 0 N–H and O–H groups in total. The fraction of sp³-hybridized carbons (Fsp3) is 0.167. The van der Waals surface area contributed by atoms with Crippen LogP contribution in [-0.2, 0) is 0 Å². The number of benzene rings is 2. The summed E-state index contributed by atoms with van der Waals surface area (Å²) >= 11 is 1.22. The summed E-state index contributed by atoms with van der Waals surface area (Å²) in [5.41, 5.74) is 2.09. The summed E-state index contributed by atoms with van der Waals surface area (Å²) in [5, 5.41) is 8.02. The number of rotatable bonds is 5. The van der Waals surface area contributed by atoms with Gasteiger partial charge in [-0.25, -0.2) is 8.78 Å². The van der Waals surface area contributed by atoms with Crippen LogP contribution < -0.4 is 0 Å². The zero-order chi connectivity index (χ0) is 18.0. The Hall–Kier alpha value is -2.54. The summed E-state index contributed by atoms with van der Waals surface area (Å²) in [6.45, 7) is 3.67. The maximum Gasteiger partial charge on any atom is 0.196 e. The minimum absolute atomic E-state index is 0.126. The molecule has 0 aliphatic carbocycles. The number of carbonyl (C=O) groups excluding carboxylic acids is 1. The average molecular weight is 359 g/mol. The number of para-hydroxylation sites is 1. The average Bonchev–Trinajstić information content (AvgIpc) is 3.05. The Balaban J connectivity index is 1.83. The van der Waals surface area contributed by atoms with Crippen molar-refractivity contribution in [1.29, 1.82) is 0 Å². The summed E-state index contributed by atoms with van der Waals surface area (Å²) in [6.07, 6.45) is 1.58. The molecular weight excluding hydrogens is 344 g/mol. The number of thioether (sulfide) groups is 1. The Labute approximate surface area is 147 Å². The molecule has 0 fully saturated rings. The first-order valence-electron chi connectivity index (χ1n) is 7.59. The predicted octanol–water partition coefficient (Wildman–Crippen LogP) is 4.22. The van der Waals surface area contributed by atoms with Gasteiger partial charge in [0.05, 0.1) is 10.9 Å². The third kappa shape index (κ3) is 3.61. The van der Waals surface area contributed by atoms with Gasteiger partial charge in [-0.3, -0.25) is 9.36 Å². The lowest BCUT2D eigenvalue weighted by Crippen LogP contribution is -2.15. The van der Waals surface area contributed by atoms with Gasteiger partial charge in [-0.15, -0.1) is 10.2 Å². The van der Waals surface area contributed by atoms with E-state index >= 15 is 0 Å². The third-order valence-corrected chi connectivity index (χ3v) is 4.80. The lowest BCUT2D eigenvalue weighted by atomic mass is 10.1. The topological polar surface area (TPSA) is 47.8 Å². The van der Waals surface area contributed by atoms with Gasteiger partial charge in [0.15, 0.2) is 22.6 Å². The molecule has 7 heteroatoms. The van der Waals surface area contributed by atoms with Crippen LogP contribution in [0.1, 0.15) is 22.8 Å². The van der Waals surface area contributed by atoms with E-state index in [0.717, 1.165) is 23.4 Å². The molecule has 1 aromatic heterocycles. The number of aryl methyl sites for hydroxylation is 1. The van der Waals surface area contributed by atoms with E-state index in [1.807, 2.05) is 31.2 Å². The zero-order valence-corrected chi connectivity index (χ0v) is 14.4. The standard InChI is InChI=1S/C18H15F2N3OS/c1-11-5-3-4-6-16(11)23-10-21-22-18(23)25-12(2)17(24)13-7-8-14(19)15(20)9-13/h3-10,12H,1-2H3/t12-/m0/s1. The highest BCUT2D eigenvalue weighted by molar-refractivity contribution is 8.00. The Morgan fingerprint density at radius 1 is 1.16 bits per heavy atom. The smallest absolute Gasteiger partial charge is 0.196 e. The highest BCUT2D eigenvalue weighted by atomic mass is 32.2. The highest BCUT2D eigenvalue weighted by Crippen LogP contribution is 2.27. The molecule has 0 radical (unpaired) electrons. The second-order valence-electron chi connectivity index (χ2n) is 5.52. The molecule has 2 aromatic carbocycles. The minimum atomic E-state index is -1.04. The molecule has 0 unspecified atom stereocenters. The van der Waals surface area contributed by atoms with Gasteiger partial charge in [-0.2, -0.15) is 0 Å². The monoisotopic (exact) mass is 359 g/mol. The van der Waals surface area contributed by atoms with Crippen LogP contribution >= 0.6 is 11.8 Å². The Kier molecular flexibility index (Phi) is 4.94. The number of halogens is 2. The zero-order valence-electron chi connectivity index (χ0n) is 13.6. The van der Waals surface area contributed by atoms with Gasteiger partial charge in [0, 0.05) is 5.56 Å². The van der Waals surface area contributed by atoms with E-state index in [2.05, 4.69) is 10.2 Å². The molecule has 0 spiro atoms. The number of carbonyl (C=O) groups is 1. The summed E-state index contributed by atoms with van der Waals surface area (Å²) in [7, 11) is 0. The van der Waals surface area contributed by atoms with Crippen LogP contribution in [0.5, 0.6) is 0 Å². The lowest BCUT2D eigenvalue weighted by molar-refractivity contribution is 0.0993. The van der Waals surface area contributed by atoms with E-state index in [4.69, 9.17) is 0 Å². The van der Waals surface area contributed by atoms with E-state index < -0.39 is 16.9 Å². The van der Waals surface area contributed by atoms with Gasteiger partial charge in [0.1, 0.15) is 6.33 Å². The minimum Gasteiger partial charge on any atom is -0.293 e. The Morgan fingerprint density at radius 3 is 2.64 bits per heavy atom. The van der Waals surface area contributed by atoms with Crippen molar-refractivity contribution < 1.29 is 13.6 Å². The number of hydrogen-bond donors (Lipinski definition) is 0. The van der Waals surface area contributed by atoms with Crippen molar-refractivity contribution in [2.75, 3.05) is 0 Å². The SMILES string of the molecule is Cc1ccccc1-n1cnnc1S[C@@H](C)C(=O)c1ccc(F)c(F)c1. The molecule has 0 bridgehead atoms. The molecule has 0 aliphatic heterocycles. The molecule has 128 valence electrons. The maximum atomic E-state index is 13.3. The first kappa shape index (κ1) is 17.3. The number of ketones is 1. The normalized spacial score (nSPS) is 12.2. The van der Waals surface area contributed by atoms with E-state index in [-0.39, 0.29) is 11.3 Å². The molecule has 0 aliphatic rings. The van der Waals surface area contributed by atoms with E-state index in [9.17, 15) is 13.6 Å². The first-order chi connectivity index (χ1) is 12.0. The number of aromatic nitrogens is 3. The van der Waals surface area contributed by atoms with Crippen molar-refractivity contribution in [2.24, 2.45) is 0 Å². The summed E-state index contributed by atoms with van der Waals surface area (Å²) in [6, 6.07) is 10.9. The molecule has 3 rings (SSSR count). The molecule has 0 amide bonds. The molecular formula is C18H15F2N3OS. The maximum absolute atomic E-state index is 13.3. The van der Waals surface area contributed by atoms with Gasteiger partial charge in [0.2, 0.25) is 0 Å². The predicted molar refractivity (Wildman–Crippen MR) is 92.1 cm³/mol. The van der Waals surface area contributed by atoms with E-state index in [1.54, 1.807) is 17.8 Å². The molecule has 3 aromatic rings. The van der Waals surface area contributed by atoms with E-state index in [1.165, 1.54) is 17.8 Å². The van der Waals surface area contributed by atoms with Gasteiger partial charge in [-0.05, 0) is 43.7 Å². The largest absolute Gasteiger partial charge is 0.293 e. The van der Waals surface area contributed by atoms with Crippen molar-refractivity contribution in [1.82, 2.24) is 14.8 Å². The van der Waals surface area contributed by atoms with Crippen molar-refractivity contribution >= 4 is 17.5 Å². The number of hydrogen-bond acceptors (Lipinski definition) is 4. The van der Waals surface area contributed by atoms with Crippen LogP contribution in [0.2, 0.25) is 0 Å². The van der Waals surface area contributed by atoms with Crippen molar-refractivity contribution in [3.63, 3.8) is 0 Å². The van der Waals surface area contributed by atoms with Crippen LogP contribution in [0.15, 0.2) is 53.9 Å². The first-order valence-corrected chi connectivity index (χ1v) is 8.47. The molecule has 1 heterocycles. The fourth-order valence-electron chi connectivity index (χ4n) is 2.40. The molecule has 0 saturated heterocycles. The Morgan fingerprint density at radius 2 is 1.92 bits per heavy atom. The fourth-order valence-corrected chi connectivity index (χ4v) is 3.31. The Bertz CT molecular complexity index is 926. The van der Waals surface area contributed by atoms with E-state index in [0.29, 0.717) is 5.16 Å². The summed E-state index contributed by atoms with van der Waals surface area (Å²) in [4.78, 5) is 12.5. The van der Waals surface area contributed by atoms with Crippen LogP contribution in [-0.4, -0.2) is 25.8 Å². The molecule has 0 saturated carbocycles. The van der Waals surface area contributed by atoms with Crippen molar-refractivity contribution in [2.45, 2.75) is 24.3 Å². The quantitative estimate of drug-likeness (QED) is 0.506. The lowest BCUT2D eigenvalue weighted by Gasteiger charge is -2.12. The molecule has 25 heavy (non-hydrogen) atoms. The van der Waals surface area contributed by atoms with Crippen LogP contribution in [0, 0.1) is 18.6 Å². The van der Waals surface area contributed by atoms with Crippen molar-refractivity contribution in [3.05, 3.63) is 71.6 Å². The van der Waals surface area contributed by atoms with Gasteiger partial charge < -0.3 is 0 Å². The molecule has 4 nitrogen and oxygen atoms in total. The van der Waals surface area contributed by atoms with Crippen LogP contribution in [0.25, 0.3) is 5.69 Å². The van der Waals surface area contributed by atoms with Crippen LogP contribution in [0.3, 0.4) is 0 Å². The number of Topliss-reactive ketones (excluding diaryl/α,β-unsaturated/α-hetero) is 1. The van der Waals surface area contributed by atoms with Crippen LogP contribution in [0.4, 0.5) is 8.78 Å². The van der Waals surface area contributed by atoms with Gasteiger partial charge >= 0.3 is 0 Å². The highest BCUT2D eigenvalue weighted by Gasteiger charge is 2.21. The van der Waals surface area contributed by atoms with Crippen molar-refractivity contribution in [3.8, 4) is 5.69 Å². The third-order valence-electron chi connectivity index (χ3n) is 3.75. The summed E-state index contributed by atoms with van der Waals surface area (Å²) < 4.78 is 28.2.